The van der Waals surface area contributed by atoms with Crippen LogP contribution in [0.4, 0.5) is 5.13 Å². The number of anilines is 1. The van der Waals surface area contributed by atoms with Crippen molar-refractivity contribution in [3.05, 3.63) is 16.9 Å². The number of aromatic nitrogens is 5. The minimum absolute atomic E-state index is 0. The fraction of sp³-hybridized carbons (Fsp3) is 0.643. The highest BCUT2D eigenvalue weighted by molar-refractivity contribution is 7.15. The largest absolute Gasteiger partial charge is 0.317 e. The highest BCUT2D eigenvalue weighted by Gasteiger charge is 2.19. The molecule has 1 fully saturated rings. The molecule has 1 amide bonds. The molecule has 24 heavy (non-hydrogen) atoms. The van der Waals surface area contributed by atoms with E-state index in [1.54, 1.807) is 10.9 Å². The van der Waals surface area contributed by atoms with Crippen molar-refractivity contribution in [1.29, 1.82) is 0 Å². The van der Waals surface area contributed by atoms with Gasteiger partial charge < -0.3 is 5.32 Å². The van der Waals surface area contributed by atoms with Gasteiger partial charge in [-0.05, 0) is 32.4 Å². The number of halogens is 1. The summed E-state index contributed by atoms with van der Waals surface area (Å²) in [6.45, 7) is 4.07. The third kappa shape index (κ3) is 4.71. The Labute approximate surface area is 150 Å². The number of nitrogens with one attached hydrogen (secondary N) is 2. The number of hydrogen-bond donors (Lipinski definition) is 2. The first kappa shape index (κ1) is 18.8. The molecule has 0 spiro atoms. The second kappa shape index (κ2) is 9.05. The van der Waals surface area contributed by atoms with Gasteiger partial charge in [0.25, 0.3) is 5.91 Å². The summed E-state index contributed by atoms with van der Waals surface area (Å²) in [5.74, 6) is -0.289. The van der Waals surface area contributed by atoms with Crippen LogP contribution >= 0.6 is 23.7 Å². The van der Waals surface area contributed by atoms with E-state index in [9.17, 15) is 4.79 Å². The lowest BCUT2D eigenvalue weighted by Crippen LogP contribution is -2.29. The molecule has 1 aliphatic rings. The van der Waals surface area contributed by atoms with Gasteiger partial charge in [0, 0.05) is 6.42 Å². The van der Waals surface area contributed by atoms with Crippen molar-refractivity contribution in [3.8, 4) is 0 Å². The minimum atomic E-state index is -0.289. The monoisotopic (exact) mass is 371 g/mol. The third-order valence-electron chi connectivity index (χ3n) is 3.86. The normalized spacial score (nSPS) is 15.0. The standard InChI is InChI=1S/C14H21N7OS.ClH/c1-2-3-4-12-18-19-14(23-12)16-13(22)11-9-21(20-17-11)10-5-7-15-8-6-10;/h9-10,15H,2-8H2,1H3,(H,16,19,22);1H. The third-order valence-corrected chi connectivity index (χ3v) is 4.76. The average molecular weight is 372 g/mol. The number of hydrogen-bond acceptors (Lipinski definition) is 7. The van der Waals surface area contributed by atoms with Crippen LogP contribution in [-0.4, -0.2) is 44.2 Å². The van der Waals surface area contributed by atoms with E-state index in [1.807, 2.05) is 0 Å². The summed E-state index contributed by atoms with van der Waals surface area (Å²) in [5, 5.41) is 23.7. The molecule has 0 aromatic carbocycles. The van der Waals surface area contributed by atoms with Crippen LogP contribution in [-0.2, 0) is 6.42 Å². The molecule has 0 aliphatic carbocycles. The van der Waals surface area contributed by atoms with Crippen molar-refractivity contribution < 1.29 is 4.79 Å². The number of amides is 1. The predicted molar refractivity (Wildman–Crippen MR) is 94.9 cm³/mol. The van der Waals surface area contributed by atoms with E-state index < -0.39 is 0 Å². The first-order valence-corrected chi connectivity index (χ1v) is 8.84. The Morgan fingerprint density at radius 2 is 2.17 bits per heavy atom. The molecule has 2 aromatic rings. The van der Waals surface area contributed by atoms with Gasteiger partial charge in [-0.3, -0.25) is 10.1 Å². The lowest BCUT2D eigenvalue weighted by atomic mass is 10.1. The van der Waals surface area contributed by atoms with Crippen LogP contribution in [0.5, 0.6) is 0 Å². The van der Waals surface area contributed by atoms with E-state index in [1.165, 1.54) is 11.3 Å². The molecule has 1 aliphatic heterocycles. The molecule has 0 unspecified atom stereocenters. The molecule has 2 aromatic heterocycles. The molecular weight excluding hydrogens is 350 g/mol. The van der Waals surface area contributed by atoms with Crippen LogP contribution < -0.4 is 10.6 Å². The van der Waals surface area contributed by atoms with E-state index in [0.29, 0.717) is 16.9 Å². The average Bonchev–Trinajstić information content (AvgIpc) is 3.23. The fourth-order valence-corrected chi connectivity index (χ4v) is 3.30. The van der Waals surface area contributed by atoms with Gasteiger partial charge in [0.2, 0.25) is 5.13 Å². The van der Waals surface area contributed by atoms with Crippen LogP contribution in [0.2, 0.25) is 0 Å². The zero-order valence-electron chi connectivity index (χ0n) is 13.6. The Balaban J connectivity index is 0.00000208. The zero-order chi connectivity index (χ0) is 16.1. The molecule has 0 bridgehead atoms. The minimum Gasteiger partial charge on any atom is -0.317 e. The molecule has 2 N–H and O–H groups in total. The van der Waals surface area contributed by atoms with Crippen molar-refractivity contribution >= 4 is 34.8 Å². The van der Waals surface area contributed by atoms with Crippen LogP contribution in [0.25, 0.3) is 0 Å². The summed E-state index contributed by atoms with van der Waals surface area (Å²) in [7, 11) is 0. The van der Waals surface area contributed by atoms with Crippen molar-refractivity contribution in [1.82, 2.24) is 30.5 Å². The van der Waals surface area contributed by atoms with Crippen molar-refractivity contribution in [2.24, 2.45) is 0 Å². The lowest BCUT2D eigenvalue weighted by molar-refractivity contribution is 0.102. The van der Waals surface area contributed by atoms with Gasteiger partial charge in [-0.15, -0.1) is 27.7 Å². The lowest BCUT2D eigenvalue weighted by Gasteiger charge is -2.21. The number of nitrogens with zero attached hydrogens (tertiary/aromatic N) is 5. The van der Waals surface area contributed by atoms with Crippen molar-refractivity contribution in [2.45, 2.75) is 45.1 Å². The van der Waals surface area contributed by atoms with Gasteiger partial charge >= 0.3 is 0 Å². The number of rotatable bonds is 6. The molecular formula is C14H22ClN7OS. The number of carbonyl (C=O) groups excluding carboxylic acids is 1. The summed E-state index contributed by atoms with van der Waals surface area (Å²) >= 11 is 1.41. The Kier molecular flexibility index (Phi) is 7.07. The van der Waals surface area contributed by atoms with Gasteiger partial charge in [-0.1, -0.05) is 29.9 Å². The molecule has 0 saturated carbocycles. The Hall–Kier alpha value is -1.58. The summed E-state index contributed by atoms with van der Waals surface area (Å²) < 4.78 is 1.79. The van der Waals surface area contributed by atoms with Crippen molar-refractivity contribution in [3.63, 3.8) is 0 Å². The molecule has 3 heterocycles. The second-order valence-corrected chi connectivity index (χ2v) is 6.69. The Morgan fingerprint density at radius 1 is 1.38 bits per heavy atom. The maximum absolute atomic E-state index is 12.2. The smallest absolute Gasteiger partial charge is 0.279 e. The first-order valence-electron chi connectivity index (χ1n) is 8.02. The van der Waals surface area contributed by atoms with Gasteiger partial charge in [0.1, 0.15) is 5.01 Å². The van der Waals surface area contributed by atoms with Crippen LogP contribution in [0, 0.1) is 0 Å². The maximum Gasteiger partial charge on any atom is 0.279 e. The quantitative estimate of drug-likeness (QED) is 0.806. The summed E-state index contributed by atoms with van der Waals surface area (Å²) in [6.07, 6.45) is 6.80. The second-order valence-electron chi connectivity index (χ2n) is 5.62. The highest BCUT2D eigenvalue weighted by Crippen LogP contribution is 2.19. The van der Waals surface area contributed by atoms with E-state index in [-0.39, 0.29) is 18.3 Å². The molecule has 132 valence electrons. The van der Waals surface area contributed by atoms with E-state index in [4.69, 9.17) is 0 Å². The highest BCUT2D eigenvalue weighted by atomic mass is 35.5. The van der Waals surface area contributed by atoms with Gasteiger partial charge in [0.15, 0.2) is 5.69 Å². The SMILES string of the molecule is CCCCc1nnc(NC(=O)c2cn(C3CCNCC3)nn2)s1.Cl. The topological polar surface area (TPSA) is 97.6 Å². The number of aryl methyl sites for hydroxylation is 1. The van der Waals surface area contributed by atoms with Crippen LogP contribution in [0.1, 0.15) is 54.1 Å². The summed E-state index contributed by atoms with van der Waals surface area (Å²) in [4.78, 5) is 12.2. The maximum atomic E-state index is 12.2. The van der Waals surface area contributed by atoms with Gasteiger partial charge in [0.05, 0.1) is 12.2 Å². The number of unbranched alkanes of at least 4 members (excludes halogenated alkanes) is 1. The van der Waals surface area contributed by atoms with E-state index in [2.05, 4.69) is 38.1 Å². The summed E-state index contributed by atoms with van der Waals surface area (Å²) in [6, 6.07) is 0.312. The summed E-state index contributed by atoms with van der Waals surface area (Å²) in [5.41, 5.74) is 0.314. The molecule has 0 radical (unpaired) electrons. The predicted octanol–water partition coefficient (Wildman–Crippen LogP) is 2.07. The molecule has 3 rings (SSSR count). The van der Waals surface area contributed by atoms with E-state index in [0.717, 1.165) is 50.2 Å². The van der Waals surface area contributed by atoms with Crippen LogP contribution in [0.15, 0.2) is 6.20 Å². The van der Waals surface area contributed by atoms with Crippen LogP contribution in [0.3, 0.4) is 0 Å². The molecule has 0 atom stereocenters. The van der Waals surface area contributed by atoms with Gasteiger partial charge in [-0.25, -0.2) is 4.68 Å². The number of carbonyl (C=O) groups is 1. The molecule has 8 nitrogen and oxygen atoms in total. The fourth-order valence-electron chi connectivity index (χ4n) is 2.52. The van der Waals surface area contributed by atoms with E-state index >= 15 is 0 Å². The first-order chi connectivity index (χ1) is 11.3. The zero-order valence-corrected chi connectivity index (χ0v) is 15.2. The number of piperidine rings is 1. The van der Waals surface area contributed by atoms with Gasteiger partial charge in [-0.2, -0.15) is 0 Å². The Bertz CT molecular complexity index is 653. The van der Waals surface area contributed by atoms with Crippen molar-refractivity contribution in [2.75, 3.05) is 18.4 Å². The molecule has 10 heteroatoms. The molecule has 1 saturated heterocycles. The Morgan fingerprint density at radius 3 is 2.92 bits per heavy atom.